The molecule has 26 heavy (non-hydrogen) atoms. The molecule has 1 atom stereocenters. The molecule has 2 aromatic carbocycles. The maximum absolute atomic E-state index is 6.37. The number of fused-ring (bicyclic) bond motifs is 1. The summed E-state index contributed by atoms with van der Waals surface area (Å²) in [6.07, 6.45) is 0.852. The van der Waals surface area contributed by atoms with Gasteiger partial charge in [-0.15, -0.1) is 0 Å². The average Bonchev–Trinajstić information content (AvgIpc) is 2.91. The van der Waals surface area contributed by atoms with Gasteiger partial charge < -0.3 is 24.3 Å². The quantitative estimate of drug-likeness (QED) is 0.810. The molecule has 2 aromatic rings. The number of nitrogens with one attached hydrogen (secondary N) is 1. The second kappa shape index (κ2) is 8.52. The number of methoxy groups -OCH3 is 2. The van der Waals surface area contributed by atoms with Crippen molar-refractivity contribution >= 4 is 11.6 Å². The highest BCUT2D eigenvalue weighted by Gasteiger charge is 2.17. The van der Waals surface area contributed by atoms with Crippen LogP contribution in [0, 0.1) is 0 Å². The zero-order valence-electron chi connectivity index (χ0n) is 15.3. The summed E-state index contributed by atoms with van der Waals surface area (Å²) in [5.74, 6) is 2.96. The van der Waals surface area contributed by atoms with Crippen molar-refractivity contribution < 1.29 is 18.9 Å². The smallest absolute Gasteiger partial charge is 0.179 e. The van der Waals surface area contributed by atoms with Crippen molar-refractivity contribution in [2.45, 2.75) is 25.9 Å². The minimum absolute atomic E-state index is 0.0646. The summed E-state index contributed by atoms with van der Waals surface area (Å²) in [5.41, 5.74) is 2.07. The Morgan fingerprint density at radius 1 is 1.12 bits per heavy atom. The molecule has 0 saturated heterocycles. The molecule has 1 heterocycles. The number of benzene rings is 2. The van der Waals surface area contributed by atoms with Gasteiger partial charge in [-0.25, -0.2) is 0 Å². The first kappa shape index (κ1) is 18.7. The summed E-state index contributed by atoms with van der Waals surface area (Å²) in [4.78, 5) is 0. The van der Waals surface area contributed by atoms with Crippen molar-refractivity contribution in [1.29, 1.82) is 0 Å². The highest BCUT2D eigenvalue weighted by Crippen LogP contribution is 2.38. The molecule has 5 nitrogen and oxygen atoms in total. The first-order valence-corrected chi connectivity index (χ1v) is 9.03. The fraction of sp³-hybridized carbons (Fsp3) is 0.400. The number of hydrogen-bond donors (Lipinski definition) is 1. The van der Waals surface area contributed by atoms with Crippen molar-refractivity contribution in [3.8, 4) is 23.0 Å². The Hall–Kier alpha value is -2.11. The van der Waals surface area contributed by atoms with Crippen LogP contribution in [-0.4, -0.2) is 27.4 Å². The fourth-order valence-electron chi connectivity index (χ4n) is 2.94. The lowest BCUT2D eigenvalue weighted by Gasteiger charge is -2.19. The Bertz CT molecular complexity index is 766. The SMILES string of the molecule is COc1ccc(OC)c([C@H](C)NCc2cc(Cl)c3c(c2)OCCCO3)c1. The van der Waals surface area contributed by atoms with Crippen LogP contribution in [0.1, 0.15) is 30.5 Å². The Labute approximate surface area is 159 Å². The molecule has 3 rings (SSSR count). The van der Waals surface area contributed by atoms with E-state index in [1.807, 2.05) is 30.3 Å². The van der Waals surface area contributed by atoms with E-state index in [1.54, 1.807) is 14.2 Å². The summed E-state index contributed by atoms with van der Waals surface area (Å²) in [5, 5.41) is 4.08. The van der Waals surface area contributed by atoms with Crippen LogP contribution in [0.2, 0.25) is 5.02 Å². The zero-order valence-corrected chi connectivity index (χ0v) is 16.1. The molecule has 0 bridgehead atoms. The molecule has 0 aromatic heterocycles. The molecule has 1 aliphatic rings. The Kier molecular flexibility index (Phi) is 6.12. The number of ether oxygens (including phenoxy) is 4. The van der Waals surface area contributed by atoms with E-state index in [1.165, 1.54) is 0 Å². The molecule has 0 unspecified atom stereocenters. The van der Waals surface area contributed by atoms with Crippen molar-refractivity contribution in [2.24, 2.45) is 0 Å². The molecular weight excluding hydrogens is 354 g/mol. The first-order chi connectivity index (χ1) is 12.6. The number of hydrogen-bond acceptors (Lipinski definition) is 5. The Balaban J connectivity index is 1.75. The van der Waals surface area contributed by atoms with Crippen molar-refractivity contribution in [3.05, 3.63) is 46.5 Å². The molecule has 1 N–H and O–H groups in total. The number of halogens is 1. The Morgan fingerprint density at radius 2 is 1.92 bits per heavy atom. The molecule has 0 saturated carbocycles. The van der Waals surface area contributed by atoms with Crippen LogP contribution < -0.4 is 24.3 Å². The van der Waals surface area contributed by atoms with Gasteiger partial charge in [0.1, 0.15) is 11.5 Å². The third-order valence-electron chi connectivity index (χ3n) is 4.38. The standard InChI is InChI=1S/C20H24ClNO4/c1-13(16-11-15(23-2)5-6-18(16)24-3)22-12-14-9-17(21)20-19(10-14)25-7-4-8-26-20/h5-6,9-11,13,22H,4,7-8,12H2,1-3H3/t13-/m0/s1. The maximum Gasteiger partial charge on any atom is 0.179 e. The van der Waals surface area contributed by atoms with Gasteiger partial charge in [-0.05, 0) is 42.8 Å². The first-order valence-electron chi connectivity index (χ1n) is 8.65. The lowest BCUT2D eigenvalue weighted by atomic mass is 10.1. The van der Waals surface area contributed by atoms with E-state index in [-0.39, 0.29) is 6.04 Å². The van der Waals surface area contributed by atoms with Crippen molar-refractivity contribution in [3.63, 3.8) is 0 Å². The van der Waals surface area contributed by atoms with Gasteiger partial charge in [-0.3, -0.25) is 0 Å². The molecule has 6 heteroatoms. The van der Waals surface area contributed by atoms with Crippen LogP contribution in [-0.2, 0) is 6.54 Å². The van der Waals surface area contributed by atoms with E-state index in [2.05, 4.69) is 12.2 Å². The average molecular weight is 378 g/mol. The number of rotatable bonds is 6. The largest absolute Gasteiger partial charge is 0.497 e. The summed E-state index contributed by atoms with van der Waals surface area (Å²) >= 11 is 6.37. The van der Waals surface area contributed by atoms with Crippen LogP contribution in [0.5, 0.6) is 23.0 Å². The van der Waals surface area contributed by atoms with Gasteiger partial charge >= 0.3 is 0 Å². The van der Waals surface area contributed by atoms with Crippen LogP contribution >= 0.6 is 11.6 Å². The summed E-state index contributed by atoms with van der Waals surface area (Å²) in [6, 6.07) is 9.74. The van der Waals surface area contributed by atoms with E-state index in [9.17, 15) is 0 Å². The van der Waals surface area contributed by atoms with Crippen LogP contribution in [0.4, 0.5) is 0 Å². The zero-order chi connectivity index (χ0) is 18.5. The topological polar surface area (TPSA) is 49.0 Å². The van der Waals surface area contributed by atoms with Crippen LogP contribution in [0.15, 0.2) is 30.3 Å². The van der Waals surface area contributed by atoms with Crippen LogP contribution in [0.25, 0.3) is 0 Å². The van der Waals surface area contributed by atoms with E-state index < -0.39 is 0 Å². The molecule has 1 aliphatic heterocycles. The lowest BCUT2D eigenvalue weighted by Crippen LogP contribution is -2.19. The molecule has 0 fully saturated rings. The summed E-state index contributed by atoms with van der Waals surface area (Å²) in [6.45, 7) is 3.98. The van der Waals surface area contributed by atoms with Gasteiger partial charge in [-0.1, -0.05) is 11.6 Å². The third-order valence-corrected chi connectivity index (χ3v) is 4.66. The lowest BCUT2D eigenvalue weighted by molar-refractivity contribution is 0.297. The molecule has 0 aliphatic carbocycles. The van der Waals surface area contributed by atoms with Gasteiger partial charge in [0, 0.05) is 24.6 Å². The van der Waals surface area contributed by atoms with E-state index >= 15 is 0 Å². The van der Waals surface area contributed by atoms with Crippen LogP contribution in [0.3, 0.4) is 0 Å². The van der Waals surface area contributed by atoms with Gasteiger partial charge in [-0.2, -0.15) is 0 Å². The second-order valence-corrected chi connectivity index (χ2v) is 6.57. The Morgan fingerprint density at radius 3 is 2.69 bits per heavy atom. The minimum Gasteiger partial charge on any atom is -0.497 e. The van der Waals surface area contributed by atoms with E-state index in [0.29, 0.717) is 36.3 Å². The third kappa shape index (κ3) is 4.17. The minimum atomic E-state index is 0.0646. The monoisotopic (exact) mass is 377 g/mol. The molecule has 140 valence electrons. The van der Waals surface area contributed by atoms with Gasteiger partial charge in [0.2, 0.25) is 0 Å². The highest BCUT2D eigenvalue weighted by atomic mass is 35.5. The normalized spacial score (nSPS) is 14.5. The van der Waals surface area contributed by atoms with Gasteiger partial charge in [0.25, 0.3) is 0 Å². The van der Waals surface area contributed by atoms with E-state index in [0.717, 1.165) is 29.0 Å². The predicted molar refractivity (Wildman–Crippen MR) is 102 cm³/mol. The summed E-state index contributed by atoms with van der Waals surface area (Å²) < 4.78 is 22.2. The highest BCUT2D eigenvalue weighted by molar-refractivity contribution is 6.32. The fourth-order valence-corrected chi connectivity index (χ4v) is 3.23. The predicted octanol–water partition coefficient (Wildman–Crippen LogP) is 4.37. The summed E-state index contributed by atoms with van der Waals surface area (Å²) in [7, 11) is 3.32. The molecule has 0 spiro atoms. The van der Waals surface area contributed by atoms with Gasteiger partial charge in [0.15, 0.2) is 11.5 Å². The maximum atomic E-state index is 6.37. The molecule has 0 radical (unpaired) electrons. The van der Waals surface area contributed by atoms with Crippen molar-refractivity contribution in [2.75, 3.05) is 27.4 Å². The van der Waals surface area contributed by atoms with Crippen molar-refractivity contribution in [1.82, 2.24) is 5.32 Å². The van der Waals surface area contributed by atoms with E-state index in [4.69, 9.17) is 30.5 Å². The van der Waals surface area contributed by atoms with Gasteiger partial charge in [0.05, 0.1) is 32.5 Å². The molecule has 0 amide bonds. The second-order valence-electron chi connectivity index (χ2n) is 6.17. The molecular formula is C20H24ClNO4.